The molecular weight excluding hydrogens is 380 g/mol. The summed E-state index contributed by atoms with van der Waals surface area (Å²) in [6, 6.07) is 5.19. The van der Waals surface area contributed by atoms with Gasteiger partial charge in [-0.1, -0.05) is 29.8 Å². The Hall–Kier alpha value is -2.79. The predicted octanol–water partition coefficient (Wildman–Crippen LogP) is 5.65. The number of rotatable bonds is 3. The Labute approximate surface area is 167 Å². The molecule has 0 N–H and O–H groups in total. The molecule has 2 aliphatic rings. The molecular formula is C22H19ClO5. The van der Waals surface area contributed by atoms with Gasteiger partial charge in [0.1, 0.15) is 11.5 Å². The maximum Gasteiger partial charge on any atom is 0.513 e. The topological polar surface area (TPSA) is 61.8 Å². The number of carbonyl (C=O) groups excluding carboxylic acids is 2. The van der Waals surface area contributed by atoms with Gasteiger partial charge >= 0.3 is 12.1 Å². The molecule has 0 amide bonds. The highest BCUT2D eigenvalue weighted by Gasteiger charge is 2.43. The molecule has 0 saturated heterocycles. The van der Waals surface area contributed by atoms with E-state index in [1.54, 1.807) is 25.1 Å². The molecule has 0 heterocycles. The monoisotopic (exact) mass is 398 g/mol. The number of benzene rings is 2. The fourth-order valence-corrected chi connectivity index (χ4v) is 4.34. The molecule has 0 spiro atoms. The van der Waals surface area contributed by atoms with E-state index < -0.39 is 12.1 Å². The molecule has 2 unspecified atom stereocenters. The van der Waals surface area contributed by atoms with E-state index >= 15 is 0 Å². The van der Waals surface area contributed by atoms with Crippen molar-refractivity contribution in [2.24, 2.45) is 0 Å². The molecule has 0 radical (unpaired) electrons. The quantitative estimate of drug-likeness (QED) is 0.220. The van der Waals surface area contributed by atoms with Gasteiger partial charge in [-0.25, -0.2) is 9.59 Å². The molecule has 144 valence electrons. The minimum absolute atomic E-state index is 0.0744. The molecule has 6 heteroatoms. The SMILES string of the molecule is C=C(C)C(=O)Oc1c2c(c(OC(=O)OC)c3cc(Cl)ccc13)C1C=C(C)C2C1. The molecule has 2 bridgehead atoms. The van der Waals surface area contributed by atoms with Crippen LogP contribution in [-0.4, -0.2) is 19.2 Å². The van der Waals surface area contributed by atoms with Gasteiger partial charge in [-0.3, -0.25) is 0 Å². The van der Waals surface area contributed by atoms with E-state index in [4.69, 9.17) is 25.8 Å². The maximum absolute atomic E-state index is 12.4. The Kier molecular flexibility index (Phi) is 4.42. The summed E-state index contributed by atoms with van der Waals surface area (Å²) < 4.78 is 16.1. The van der Waals surface area contributed by atoms with E-state index in [2.05, 4.69) is 19.6 Å². The number of hydrogen-bond acceptors (Lipinski definition) is 5. The third kappa shape index (κ3) is 2.78. The second-order valence-corrected chi connectivity index (χ2v) is 7.64. The van der Waals surface area contributed by atoms with Crippen LogP contribution in [0.15, 0.2) is 42.0 Å². The molecule has 0 saturated carbocycles. The summed E-state index contributed by atoms with van der Waals surface area (Å²) in [5.41, 5.74) is 3.25. The molecule has 2 aromatic carbocycles. The summed E-state index contributed by atoms with van der Waals surface area (Å²) in [4.78, 5) is 24.3. The second kappa shape index (κ2) is 6.67. The van der Waals surface area contributed by atoms with E-state index in [0.717, 1.165) is 17.5 Å². The molecule has 2 aromatic rings. The molecule has 0 fully saturated rings. The highest BCUT2D eigenvalue weighted by atomic mass is 35.5. The zero-order valence-electron chi connectivity index (χ0n) is 15.8. The normalized spacial score (nSPS) is 19.2. The number of carbonyl (C=O) groups is 2. The third-order valence-corrected chi connectivity index (χ3v) is 5.60. The van der Waals surface area contributed by atoms with Crippen LogP contribution < -0.4 is 9.47 Å². The average Bonchev–Trinajstić information content (AvgIpc) is 3.21. The number of allylic oxidation sites excluding steroid dienone is 2. The van der Waals surface area contributed by atoms with Crippen molar-refractivity contribution in [2.45, 2.75) is 32.1 Å². The van der Waals surface area contributed by atoms with Crippen molar-refractivity contribution in [3.8, 4) is 11.5 Å². The highest BCUT2D eigenvalue weighted by Crippen LogP contribution is 2.60. The van der Waals surface area contributed by atoms with Crippen molar-refractivity contribution < 1.29 is 23.8 Å². The fourth-order valence-electron chi connectivity index (χ4n) is 4.16. The van der Waals surface area contributed by atoms with E-state index in [-0.39, 0.29) is 11.8 Å². The van der Waals surface area contributed by atoms with Gasteiger partial charge in [0.2, 0.25) is 0 Å². The maximum atomic E-state index is 12.4. The molecule has 0 aromatic heterocycles. The van der Waals surface area contributed by atoms with Crippen LogP contribution in [0.2, 0.25) is 5.02 Å². The summed E-state index contributed by atoms with van der Waals surface area (Å²) in [6.45, 7) is 7.34. The zero-order valence-corrected chi connectivity index (χ0v) is 16.6. The van der Waals surface area contributed by atoms with Gasteiger partial charge in [0.05, 0.1) is 7.11 Å². The number of esters is 1. The van der Waals surface area contributed by atoms with E-state index in [9.17, 15) is 9.59 Å². The molecule has 2 aliphatic carbocycles. The summed E-state index contributed by atoms with van der Waals surface area (Å²) in [5.74, 6) is 0.570. The summed E-state index contributed by atoms with van der Waals surface area (Å²) in [7, 11) is 1.26. The lowest BCUT2D eigenvalue weighted by Gasteiger charge is -2.23. The number of fused-ring (bicyclic) bond motifs is 6. The van der Waals surface area contributed by atoms with E-state index in [0.29, 0.717) is 32.9 Å². The van der Waals surface area contributed by atoms with Gasteiger partial charge in [0, 0.05) is 44.3 Å². The predicted molar refractivity (Wildman–Crippen MR) is 106 cm³/mol. The summed E-state index contributed by atoms with van der Waals surface area (Å²) in [5, 5.41) is 1.73. The molecule has 2 atom stereocenters. The lowest BCUT2D eigenvalue weighted by atomic mass is 9.87. The Bertz CT molecular complexity index is 1080. The minimum atomic E-state index is -0.807. The van der Waals surface area contributed by atoms with Crippen LogP contribution in [-0.2, 0) is 9.53 Å². The molecule has 0 aliphatic heterocycles. The first-order valence-electron chi connectivity index (χ1n) is 8.92. The van der Waals surface area contributed by atoms with Crippen molar-refractivity contribution in [3.63, 3.8) is 0 Å². The summed E-state index contributed by atoms with van der Waals surface area (Å²) in [6.07, 6.45) is 2.21. The van der Waals surface area contributed by atoms with Gasteiger partial charge in [0.15, 0.2) is 0 Å². The first-order valence-corrected chi connectivity index (χ1v) is 9.30. The van der Waals surface area contributed by atoms with Crippen molar-refractivity contribution in [1.82, 2.24) is 0 Å². The molecule has 4 rings (SSSR count). The van der Waals surface area contributed by atoms with Gasteiger partial charge in [0.25, 0.3) is 0 Å². The molecule has 5 nitrogen and oxygen atoms in total. The van der Waals surface area contributed by atoms with E-state index in [1.165, 1.54) is 12.7 Å². The fraction of sp³-hybridized carbons (Fsp3) is 0.273. The summed E-state index contributed by atoms with van der Waals surface area (Å²) >= 11 is 6.22. The lowest BCUT2D eigenvalue weighted by molar-refractivity contribution is -0.130. The Balaban J connectivity index is 2.05. The number of hydrogen-bond donors (Lipinski definition) is 0. The second-order valence-electron chi connectivity index (χ2n) is 7.21. The smallest absolute Gasteiger partial charge is 0.437 e. The van der Waals surface area contributed by atoms with Crippen LogP contribution >= 0.6 is 11.6 Å². The Morgan fingerprint density at radius 1 is 1.14 bits per heavy atom. The lowest BCUT2D eigenvalue weighted by Crippen LogP contribution is -2.14. The van der Waals surface area contributed by atoms with Crippen LogP contribution in [0.5, 0.6) is 11.5 Å². The van der Waals surface area contributed by atoms with Crippen LogP contribution in [0.3, 0.4) is 0 Å². The van der Waals surface area contributed by atoms with Crippen LogP contribution in [0, 0.1) is 0 Å². The first kappa shape index (κ1) is 18.6. The molecule has 28 heavy (non-hydrogen) atoms. The number of ether oxygens (including phenoxy) is 3. The number of methoxy groups -OCH3 is 1. The van der Waals surface area contributed by atoms with Crippen molar-refractivity contribution >= 4 is 34.5 Å². The first-order chi connectivity index (χ1) is 13.3. The van der Waals surface area contributed by atoms with Crippen molar-refractivity contribution in [3.05, 3.63) is 58.1 Å². The zero-order chi connectivity index (χ0) is 20.2. The average molecular weight is 399 g/mol. The number of halogens is 1. The van der Waals surface area contributed by atoms with Gasteiger partial charge in [-0.15, -0.1) is 0 Å². The van der Waals surface area contributed by atoms with Gasteiger partial charge in [-0.2, -0.15) is 0 Å². The minimum Gasteiger partial charge on any atom is -0.437 e. The highest BCUT2D eigenvalue weighted by molar-refractivity contribution is 6.31. The van der Waals surface area contributed by atoms with Crippen molar-refractivity contribution in [2.75, 3.05) is 7.11 Å². The van der Waals surface area contributed by atoms with Crippen LogP contribution in [0.25, 0.3) is 10.8 Å². The Morgan fingerprint density at radius 3 is 2.54 bits per heavy atom. The van der Waals surface area contributed by atoms with Gasteiger partial charge in [-0.05, 0) is 38.5 Å². The largest absolute Gasteiger partial charge is 0.513 e. The van der Waals surface area contributed by atoms with Crippen LogP contribution in [0.1, 0.15) is 43.2 Å². The standard InChI is InChI=1S/C22H19ClO5/c1-10(2)21(24)27-19-14-6-5-13(23)9-16(14)20(28-22(25)26-4)17-12-7-11(3)15(8-12)18(17)19/h5-7,9,12,15H,1,8H2,2-4H3. The Morgan fingerprint density at radius 2 is 1.86 bits per heavy atom. The third-order valence-electron chi connectivity index (χ3n) is 5.37. The van der Waals surface area contributed by atoms with Crippen molar-refractivity contribution in [1.29, 1.82) is 0 Å². The van der Waals surface area contributed by atoms with E-state index in [1.807, 2.05) is 0 Å². The van der Waals surface area contributed by atoms with Crippen LogP contribution in [0.4, 0.5) is 4.79 Å². The van der Waals surface area contributed by atoms with Gasteiger partial charge < -0.3 is 14.2 Å².